The number of hydrogen-bond acceptors (Lipinski definition) is 7. The summed E-state index contributed by atoms with van der Waals surface area (Å²) in [4.78, 5) is 46.0. The lowest BCUT2D eigenvalue weighted by atomic mass is 9.80. The molecular weight excluding hydrogens is 556 g/mol. The second-order valence-electron chi connectivity index (χ2n) is 12.9. The lowest BCUT2D eigenvalue weighted by molar-refractivity contribution is -0.136. The van der Waals surface area contributed by atoms with Crippen LogP contribution < -0.4 is 10.1 Å². The number of rotatable bonds is 8. The van der Waals surface area contributed by atoms with Crippen LogP contribution >= 0.6 is 0 Å². The molecule has 1 aliphatic carbocycles. The van der Waals surface area contributed by atoms with Crippen LogP contribution in [0, 0.1) is 5.92 Å². The van der Waals surface area contributed by atoms with E-state index in [0.29, 0.717) is 30.4 Å². The number of aromatic nitrogens is 1. The number of hydrogen-bond donors (Lipinski definition) is 1. The van der Waals surface area contributed by atoms with Gasteiger partial charge >= 0.3 is 0 Å². The van der Waals surface area contributed by atoms with Crippen LogP contribution in [0.2, 0.25) is 0 Å². The van der Waals surface area contributed by atoms with Crippen molar-refractivity contribution in [2.45, 2.75) is 76.1 Å². The zero-order valence-electron chi connectivity index (χ0n) is 25.3. The SMILES string of the molecule is COC[C@H]1CCC[C@@H](c2ccc3cc(CN4CCC(Oc5ccc6c(c5)CN(C5CCC(=O)NC5=O)C6=O)C4)ccc3n2)C1. The lowest BCUT2D eigenvalue weighted by Gasteiger charge is -2.29. The molecule has 44 heavy (non-hydrogen) atoms. The molecule has 2 saturated heterocycles. The summed E-state index contributed by atoms with van der Waals surface area (Å²) in [5.74, 6) is 1.05. The number of benzene rings is 2. The van der Waals surface area contributed by atoms with Crippen LogP contribution in [0.5, 0.6) is 5.75 Å². The van der Waals surface area contributed by atoms with Crippen molar-refractivity contribution in [3.05, 3.63) is 70.9 Å². The van der Waals surface area contributed by atoms with Crippen LogP contribution in [0.3, 0.4) is 0 Å². The molecule has 230 valence electrons. The topological polar surface area (TPSA) is 101 Å². The van der Waals surface area contributed by atoms with Gasteiger partial charge in [-0.2, -0.15) is 0 Å². The monoisotopic (exact) mass is 596 g/mol. The highest BCUT2D eigenvalue weighted by molar-refractivity contribution is 6.05. The minimum Gasteiger partial charge on any atom is -0.489 e. The molecule has 4 aliphatic rings. The first-order valence-electron chi connectivity index (χ1n) is 16.0. The quantitative estimate of drug-likeness (QED) is 0.380. The summed E-state index contributed by atoms with van der Waals surface area (Å²) in [5, 5.41) is 3.54. The number of ether oxygens (including phenoxy) is 2. The van der Waals surface area contributed by atoms with Crippen molar-refractivity contribution in [3.63, 3.8) is 0 Å². The van der Waals surface area contributed by atoms with Crippen LogP contribution in [-0.2, 0) is 27.4 Å². The molecule has 7 rings (SSSR count). The van der Waals surface area contributed by atoms with E-state index in [0.717, 1.165) is 55.9 Å². The number of pyridine rings is 1. The highest BCUT2D eigenvalue weighted by atomic mass is 16.5. The van der Waals surface area contributed by atoms with Gasteiger partial charge in [-0.1, -0.05) is 18.6 Å². The number of likely N-dealkylation sites (tertiary alicyclic amines) is 1. The fourth-order valence-electron chi connectivity index (χ4n) is 7.57. The summed E-state index contributed by atoms with van der Waals surface area (Å²) in [6, 6.07) is 16.1. The fourth-order valence-corrected chi connectivity index (χ4v) is 7.57. The van der Waals surface area contributed by atoms with Crippen LogP contribution in [0.1, 0.15) is 78.0 Å². The van der Waals surface area contributed by atoms with Crippen molar-refractivity contribution in [2.75, 3.05) is 26.8 Å². The number of nitrogens with one attached hydrogen (secondary N) is 1. The first-order valence-corrected chi connectivity index (χ1v) is 16.0. The van der Waals surface area contributed by atoms with Gasteiger partial charge in [0.05, 0.1) is 5.52 Å². The predicted molar refractivity (Wildman–Crippen MR) is 165 cm³/mol. The van der Waals surface area contributed by atoms with Crippen LogP contribution in [0.15, 0.2) is 48.5 Å². The zero-order chi connectivity index (χ0) is 30.2. The maximum Gasteiger partial charge on any atom is 0.255 e. The molecule has 3 aliphatic heterocycles. The van der Waals surface area contributed by atoms with E-state index >= 15 is 0 Å². The molecule has 4 atom stereocenters. The van der Waals surface area contributed by atoms with Gasteiger partial charge in [-0.05, 0) is 85.5 Å². The summed E-state index contributed by atoms with van der Waals surface area (Å²) in [6.07, 6.45) is 6.47. The molecule has 3 fully saturated rings. The minimum absolute atomic E-state index is 0.0681. The first-order chi connectivity index (χ1) is 21.4. The molecule has 2 unspecified atom stereocenters. The zero-order valence-corrected chi connectivity index (χ0v) is 25.3. The van der Waals surface area contributed by atoms with Crippen molar-refractivity contribution in [3.8, 4) is 5.75 Å². The molecule has 0 bridgehead atoms. The molecule has 3 amide bonds. The number of imide groups is 1. The molecule has 1 saturated carbocycles. The second-order valence-corrected chi connectivity index (χ2v) is 12.9. The van der Waals surface area contributed by atoms with Crippen molar-refractivity contribution >= 4 is 28.6 Å². The van der Waals surface area contributed by atoms with E-state index in [-0.39, 0.29) is 24.3 Å². The second kappa shape index (κ2) is 12.3. The standard InChI is InChI=1S/C35H40N4O5/c1-43-21-23-3-2-4-24(16-23)31-10-6-25-15-22(5-9-30(25)36-31)18-38-14-13-28(20-38)44-27-7-8-29-26(17-27)19-39(35(29)42)32-11-12-33(40)37-34(32)41/h5-10,15,17,23-24,28,32H,2-4,11-14,16,18-21H2,1H3,(H,37,40,41)/t23-,24+,28?,32?/m0/s1. The number of nitrogens with zero attached hydrogens (tertiary/aromatic N) is 3. The van der Waals surface area contributed by atoms with E-state index in [1.54, 1.807) is 18.1 Å². The molecule has 0 radical (unpaired) electrons. The Morgan fingerprint density at radius 1 is 1.00 bits per heavy atom. The molecular formula is C35H40N4O5. The van der Waals surface area contributed by atoms with E-state index in [1.165, 1.54) is 35.9 Å². The molecule has 4 heterocycles. The molecule has 9 nitrogen and oxygen atoms in total. The highest BCUT2D eigenvalue weighted by Crippen LogP contribution is 2.36. The summed E-state index contributed by atoms with van der Waals surface area (Å²) in [7, 11) is 1.80. The van der Waals surface area contributed by atoms with Gasteiger partial charge < -0.3 is 14.4 Å². The molecule has 1 N–H and O–H groups in total. The smallest absolute Gasteiger partial charge is 0.255 e. The Balaban J connectivity index is 0.947. The van der Waals surface area contributed by atoms with Crippen LogP contribution in [-0.4, -0.2) is 71.5 Å². The maximum atomic E-state index is 13.0. The molecule has 2 aromatic carbocycles. The van der Waals surface area contributed by atoms with E-state index in [2.05, 4.69) is 40.5 Å². The van der Waals surface area contributed by atoms with Crippen LogP contribution in [0.4, 0.5) is 0 Å². The number of methoxy groups -OCH3 is 1. The van der Waals surface area contributed by atoms with Crippen molar-refractivity contribution < 1.29 is 23.9 Å². The summed E-state index contributed by atoms with van der Waals surface area (Å²) in [5.41, 5.74) is 5.01. The molecule has 3 aromatic rings. The molecule has 0 spiro atoms. The number of piperidine rings is 1. The Bertz CT molecular complexity index is 1590. The van der Waals surface area contributed by atoms with Crippen molar-refractivity contribution in [1.82, 2.24) is 20.1 Å². The average molecular weight is 597 g/mol. The first kappa shape index (κ1) is 28.9. The predicted octanol–water partition coefficient (Wildman–Crippen LogP) is 4.57. The Hall–Kier alpha value is -3.82. The largest absolute Gasteiger partial charge is 0.489 e. The third-order valence-electron chi connectivity index (χ3n) is 9.81. The van der Waals surface area contributed by atoms with Gasteiger partial charge in [-0.15, -0.1) is 0 Å². The highest BCUT2D eigenvalue weighted by Gasteiger charge is 2.39. The lowest BCUT2D eigenvalue weighted by Crippen LogP contribution is -2.52. The Labute approximate surface area is 257 Å². The number of carbonyl (C=O) groups is 3. The average Bonchev–Trinajstić information content (AvgIpc) is 3.60. The molecule has 9 heteroatoms. The van der Waals surface area contributed by atoms with E-state index in [4.69, 9.17) is 14.5 Å². The van der Waals surface area contributed by atoms with Gasteiger partial charge in [0.1, 0.15) is 17.9 Å². The normalized spacial score (nSPS) is 25.8. The third kappa shape index (κ3) is 5.95. The van der Waals surface area contributed by atoms with E-state index in [1.807, 2.05) is 12.1 Å². The van der Waals surface area contributed by atoms with E-state index < -0.39 is 11.9 Å². The van der Waals surface area contributed by atoms with Gasteiger partial charge in [-0.25, -0.2) is 0 Å². The fraction of sp³-hybridized carbons (Fsp3) is 0.486. The van der Waals surface area contributed by atoms with E-state index in [9.17, 15) is 14.4 Å². The Morgan fingerprint density at radius 2 is 1.91 bits per heavy atom. The van der Waals surface area contributed by atoms with Crippen molar-refractivity contribution in [1.29, 1.82) is 0 Å². The van der Waals surface area contributed by atoms with Gasteiger partial charge in [-0.3, -0.25) is 29.6 Å². The van der Waals surface area contributed by atoms with Crippen molar-refractivity contribution in [2.24, 2.45) is 5.92 Å². The molecule has 1 aromatic heterocycles. The summed E-state index contributed by atoms with van der Waals surface area (Å²) in [6.45, 7) is 3.84. The summed E-state index contributed by atoms with van der Waals surface area (Å²) >= 11 is 0. The summed E-state index contributed by atoms with van der Waals surface area (Å²) < 4.78 is 11.8. The van der Waals surface area contributed by atoms with Gasteiger partial charge in [0.25, 0.3) is 5.91 Å². The Morgan fingerprint density at radius 3 is 2.77 bits per heavy atom. The Kier molecular flexibility index (Phi) is 8.08. The third-order valence-corrected chi connectivity index (χ3v) is 9.81. The maximum absolute atomic E-state index is 13.0. The number of carbonyl (C=O) groups excluding carboxylic acids is 3. The number of fused-ring (bicyclic) bond motifs is 2. The number of amides is 3. The van der Waals surface area contributed by atoms with Gasteiger partial charge in [0.2, 0.25) is 11.8 Å². The van der Waals surface area contributed by atoms with Crippen LogP contribution in [0.25, 0.3) is 10.9 Å². The van der Waals surface area contributed by atoms with Gasteiger partial charge in [0.15, 0.2) is 0 Å². The minimum atomic E-state index is -0.612. The van der Waals surface area contributed by atoms with Gasteiger partial charge in [0, 0.05) is 68.9 Å².